The first-order chi connectivity index (χ1) is 4.77. The SMILES string of the molecule is CC[C@@H]1CN(C)C[C@@H]1CC. The van der Waals surface area contributed by atoms with Crippen LogP contribution < -0.4 is 0 Å². The highest BCUT2D eigenvalue weighted by Gasteiger charge is 2.27. The predicted octanol–water partition coefficient (Wildman–Crippen LogP) is 1.98. The Hall–Kier alpha value is -0.0400. The summed E-state index contributed by atoms with van der Waals surface area (Å²) in [5.74, 6) is 1.96. The molecule has 0 amide bonds. The zero-order valence-electron chi connectivity index (χ0n) is 7.43. The van der Waals surface area contributed by atoms with Crippen LogP contribution in [-0.4, -0.2) is 25.0 Å². The molecule has 0 aromatic heterocycles. The van der Waals surface area contributed by atoms with E-state index < -0.39 is 0 Å². The van der Waals surface area contributed by atoms with Gasteiger partial charge in [-0.15, -0.1) is 0 Å². The second kappa shape index (κ2) is 3.38. The van der Waals surface area contributed by atoms with Crippen LogP contribution in [-0.2, 0) is 0 Å². The van der Waals surface area contributed by atoms with Gasteiger partial charge in [0.25, 0.3) is 0 Å². The fraction of sp³-hybridized carbons (Fsp3) is 1.00. The molecule has 2 atom stereocenters. The number of nitrogens with zero attached hydrogens (tertiary/aromatic N) is 1. The van der Waals surface area contributed by atoms with Crippen molar-refractivity contribution in [1.29, 1.82) is 0 Å². The monoisotopic (exact) mass is 141 g/mol. The Morgan fingerprint density at radius 2 is 1.50 bits per heavy atom. The molecule has 60 valence electrons. The number of likely N-dealkylation sites (tertiary alicyclic amines) is 1. The standard InChI is InChI=1S/C9H19N/c1-4-8-6-10(3)7-9(8)5-2/h8-9H,4-7H2,1-3H3/t8-,9+. The van der Waals surface area contributed by atoms with Crippen LogP contribution in [0.1, 0.15) is 26.7 Å². The molecule has 1 rings (SSSR count). The minimum Gasteiger partial charge on any atom is -0.306 e. The number of rotatable bonds is 2. The quantitative estimate of drug-likeness (QED) is 0.568. The molecule has 0 bridgehead atoms. The highest BCUT2D eigenvalue weighted by molar-refractivity contribution is 4.80. The summed E-state index contributed by atoms with van der Waals surface area (Å²) in [6, 6.07) is 0. The molecule has 0 aliphatic carbocycles. The molecule has 1 saturated heterocycles. The molecular weight excluding hydrogens is 122 g/mol. The van der Waals surface area contributed by atoms with Gasteiger partial charge in [0.05, 0.1) is 0 Å². The van der Waals surface area contributed by atoms with E-state index in [2.05, 4.69) is 25.8 Å². The Balaban J connectivity index is 2.41. The highest BCUT2D eigenvalue weighted by Crippen LogP contribution is 2.26. The van der Waals surface area contributed by atoms with Crippen LogP contribution in [0.15, 0.2) is 0 Å². The number of hydrogen-bond donors (Lipinski definition) is 0. The van der Waals surface area contributed by atoms with E-state index in [-0.39, 0.29) is 0 Å². The average molecular weight is 141 g/mol. The molecule has 0 unspecified atom stereocenters. The van der Waals surface area contributed by atoms with Gasteiger partial charge >= 0.3 is 0 Å². The summed E-state index contributed by atoms with van der Waals surface area (Å²) in [4.78, 5) is 2.46. The van der Waals surface area contributed by atoms with E-state index >= 15 is 0 Å². The van der Waals surface area contributed by atoms with Gasteiger partial charge in [0.1, 0.15) is 0 Å². The lowest BCUT2D eigenvalue weighted by molar-refractivity contribution is 0.392. The van der Waals surface area contributed by atoms with Gasteiger partial charge in [-0.3, -0.25) is 0 Å². The molecule has 1 fully saturated rings. The van der Waals surface area contributed by atoms with Crippen LogP contribution >= 0.6 is 0 Å². The van der Waals surface area contributed by atoms with Gasteiger partial charge in [0.15, 0.2) is 0 Å². The minimum atomic E-state index is 0.981. The highest BCUT2D eigenvalue weighted by atomic mass is 15.1. The van der Waals surface area contributed by atoms with Crippen molar-refractivity contribution < 1.29 is 0 Å². The predicted molar refractivity (Wildman–Crippen MR) is 45.1 cm³/mol. The first-order valence-corrected chi connectivity index (χ1v) is 4.46. The molecule has 0 aromatic carbocycles. The lowest BCUT2D eigenvalue weighted by Crippen LogP contribution is -2.13. The maximum atomic E-state index is 2.46. The maximum absolute atomic E-state index is 2.46. The van der Waals surface area contributed by atoms with Gasteiger partial charge in [-0.1, -0.05) is 26.7 Å². The molecule has 0 aromatic rings. The van der Waals surface area contributed by atoms with E-state index in [0.717, 1.165) is 11.8 Å². The summed E-state index contributed by atoms with van der Waals surface area (Å²) in [5, 5.41) is 0. The molecule has 1 heterocycles. The fourth-order valence-corrected chi connectivity index (χ4v) is 2.10. The van der Waals surface area contributed by atoms with E-state index in [4.69, 9.17) is 0 Å². The van der Waals surface area contributed by atoms with Gasteiger partial charge in [-0.2, -0.15) is 0 Å². The molecule has 1 nitrogen and oxygen atoms in total. The topological polar surface area (TPSA) is 3.24 Å². The first-order valence-electron chi connectivity index (χ1n) is 4.46. The van der Waals surface area contributed by atoms with Crippen molar-refractivity contribution in [1.82, 2.24) is 4.90 Å². The van der Waals surface area contributed by atoms with E-state index in [1.807, 2.05) is 0 Å². The van der Waals surface area contributed by atoms with Gasteiger partial charge in [-0.05, 0) is 18.9 Å². The second-order valence-electron chi connectivity index (χ2n) is 3.56. The van der Waals surface area contributed by atoms with E-state index in [1.54, 1.807) is 0 Å². The molecule has 0 N–H and O–H groups in total. The molecular formula is C9H19N. The summed E-state index contributed by atoms with van der Waals surface area (Å²) < 4.78 is 0. The number of hydrogen-bond acceptors (Lipinski definition) is 1. The summed E-state index contributed by atoms with van der Waals surface area (Å²) in [7, 11) is 2.23. The Bertz CT molecular complexity index is 88.9. The summed E-state index contributed by atoms with van der Waals surface area (Å²) in [6.45, 7) is 7.28. The van der Waals surface area contributed by atoms with Crippen molar-refractivity contribution in [2.24, 2.45) is 11.8 Å². The molecule has 1 heteroatoms. The summed E-state index contributed by atoms with van der Waals surface area (Å²) >= 11 is 0. The first kappa shape index (κ1) is 8.06. The Morgan fingerprint density at radius 1 is 1.10 bits per heavy atom. The van der Waals surface area contributed by atoms with Crippen LogP contribution in [0.5, 0.6) is 0 Å². The maximum Gasteiger partial charge on any atom is 0.000975 e. The van der Waals surface area contributed by atoms with Crippen LogP contribution in [0.25, 0.3) is 0 Å². The largest absolute Gasteiger partial charge is 0.306 e. The van der Waals surface area contributed by atoms with E-state index in [1.165, 1.54) is 25.9 Å². The van der Waals surface area contributed by atoms with Crippen LogP contribution in [0, 0.1) is 11.8 Å². The smallest absolute Gasteiger partial charge is 0.000975 e. The Labute approximate surface area is 64.4 Å². The van der Waals surface area contributed by atoms with Crippen molar-refractivity contribution in [2.45, 2.75) is 26.7 Å². The van der Waals surface area contributed by atoms with Gasteiger partial charge < -0.3 is 4.90 Å². The second-order valence-corrected chi connectivity index (χ2v) is 3.56. The third-order valence-corrected chi connectivity index (χ3v) is 2.81. The molecule has 0 radical (unpaired) electrons. The van der Waals surface area contributed by atoms with Crippen molar-refractivity contribution in [3.05, 3.63) is 0 Å². The summed E-state index contributed by atoms with van der Waals surface area (Å²) in [5.41, 5.74) is 0. The molecule has 1 aliphatic heterocycles. The molecule has 0 saturated carbocycles. The van der Waals surface area contributed by atoms with Gasteiger partial charge in [0.2, 0.25) is 0 Å². The minimum absolute atomic E-state index is 0.981. The molecule has 10 heavy (non-hydrogen) atoms. The van der Waals surface area contributed by atoms with Gasteiger partial charge in [-0.25, -0.2) is 0 Å². The van der Waals surface area contributed by atoms with E-state index in [0.29, 0.717) is 0 Å². The lowest BCUT2D eigenvalue weighted by atomic mass is 9.92. The normalized spacial score (nSPS) is 35.1. The van der Waals surface area contributed by atoms with Crippen LogP contribution in [0.2, 0.25) is 0 Å². The molecule has 0 spiro atoms. The zero-order chi connectivity index (χ0) is 7.56. The van der Waals surface area contributed by atoms with Crippen molar-refractivity contribution >= 4 is 0 Å². The lowest BCUT2D eigenvalue weighted by Gasteiger charge is -2.12. The van der Waals surface area contributed by atoms with Crippen LogP contribution in [0.3, 0.4) is 0 Å². The third-order valence-electron chi connectivity index (χ3n) is 2.81. The average Bonchev–Trinajstić information content (AvgIpc) is 2.30. The Kier molecular flexibility index (Phi) is 2.72. The summed E-state index contributed by atoms with van der Waals surface area (Å²) in [6.07, 6.45) is 2.73. The van der Waals surface area contributed by atoms with Crippen molar-refractivity contribution in [3.8, 4) is 0 Å². The van der Waals surface area contributed by atoms with Crippen molar-refractivity contribution in [3.63, 3.8) is 0 Å². The van der Waals surface area contributed by atoms with Crippen molar-refractivity contribution in [2.75, 3.05) is 20.1 Å². The Morgan fingerprint density at radius 3 is 1.80 bits per heavy atom. The fourth-order valence-electron chi connectivity index (χ4n) is 2.10. The van der Waals surface area contributed by atoms with E-state index in [9.17, 15) is 0 Å². The third kappa shape index (κ3) is 1.51. The van der Waals surface area contributed by atoms with Crippen LogP contribution in [0.4, 0.5) is 0 Å². The van der Waals surface area contributed by atoms with Gasteiger partial charge in [0, 0.05) is 13.1 Å². The molecule has 1 aliphatic rings. The zero-order valence-corrected chi connectivity index (χ0v) is 7.43.